The molecule has 0 aliphatic heterocycles. The van der Waals surface area contributed by atoms with E-state index in [1.165, 1.54) is 37.8 Å². The van der Waals surface area contributed by atoms with Gasteiger partial charge < -0.3 is 14.6 Å². The molecule has 1 atom stereocenters. The minimum absolute atomic E-state index is 0.0207. The molecule has 3 rings (SSSR count). The van der Waals surface area contributed by atoms with E-state index in [1.54, 1.807) is 36.4 Å². The molecule has 0 amide bonds. The Hall–Kier alpha value is -3.67. The normalized spacial score (nSPS) is 11.7. The fraction of sp³-hybridized carbons (Fsp3) is 0.444. The number of esters is 1. The highest BCUT2D eigenvalue weighted by molar-refractivity contribution is 5.98. The van der Waals surface area contributed by atoms with Crippen molar-refractivity contribution in [3.8, 4) is 28.0 Å². The first-order valence-electron chi connectivity index (χ1n) is 15.5. The van der Waals surface area contributed by atoms with E-state index in [-0.39, 0.29) is 22.8 Å². The molecule has 0 heterocycles. The van der Waals surface area contributed by atoms with Crippen LogP contribution in [-0.4, -0.2) is 29.8 Å². The maximum absolute atomic E-state index is 16.0. The molecule has 6 heteroatoms. The second kappa shape index (κ2) is 17.3. The van der Waals surface area contributed by atoms with Crippen molar-refractivity contribution in [3.63, 3.8) is 0 Å². The smallest absolute Gasteiger partial charge is 0.338 e. The zero-order valence-corrected chi connectivity index (χ0v) is 25.3. The topological polar surface area (TPSA) is 72.8 Å². The molecule has 0 aliphatic carbocycles. The van der Waals surface area contributed by atoms with E-state index in [1.807, 2.05) is 19.1 Å². The van der Waals surface area contributed by atoms with Gasteiger partial charge in [-0.05, 0) is 67.6 Å². The summed E-state index contributed by atoms with van der Waals surface area (Å²) in [7, 11) is 0. The van der Waals surface area contributed by atoms with E-state index in [2.05, 4.69) is 13.8 Å². The van der Waals surface area contributed by atoms with Crippen molar-refractivity contribution in [1.29, 1.82) is 0 Å². The van der Waals surface area contributed by atoms with Crippen LogP contribution in [0.4, 0.5) is 4.39 Å². The minimum atomic E-state index is -1.23. The van der Waals surface area contributed by atoms with Gasteiger partial charge >= 0.3 is 11.9 Å². The van der Waals surface area contributed by atoms with Gasteiger partial charge in [0.1, 0.15) is 11.6 Å². The van der Waals surface area contributed by atoms with Crippen LogP contribution >= 0.6 is 0 Å². The number of hydrogen-bond acceptors (Lipinski definition) is 4. The third kappa shape index (κ3) is 9.71. The van der Waals surface area contributed by atoms with E-state index in [0.29, 0.717) is 29.0 Å². The van der Waals surface area contributed by atoms with E-state index in [0.717, 1.165) is 44.9 Å². The SMILES string of the molecule is CCCCCCCCOc1ccc(-c2ccc(C(=O)O)c(-c3ccc(C(=O)OC(C)CCCCCC)cc3)c2F)cc1. The number of aromatic carboxylic acids is 1. The third-order valence-corrected chi connectivity index (χ3v) is 7.49. The molecule has 0 radical (unpaired) electrons. The van der Waals surface area contributed by atoms with Crippen LogP contribution in [0.3, 0.4) is 0 Å². The molecule has 0 aliphatic rings. The van der Waals surface area contributed by atoms with Crippen LogP contribution in [0.1, 0.15) is 112 Å². The van der Waals surface area contributed by atoms with Crippen molar-refractivity contribution in [2.45, 2.75) is 97.5 Å². The lowest BCUT2D eigenvalue weighted by Gasteiger charge is -2.15. The Morgan fingerprint density at radius 3 is 2.00 bits per heavy atom. The predicted octanol–water partition coefficient (Wildman–Crippen LogP) is 10.1. The fourth-order valence-electron chi connectivity index (χ4n) is 5.00. The second-order valence-corrected chi connectivity index (χ2v) is 10.9. The summed E-state index contributed by atoms with van der Waals surface area (Å²) in [5, 5.41) is 9.80. The van der Waals surface area contributed by atoms with Gasteiger partial charge in [-0.15, -0.1) is 0 Å². The van der Waals surface area contributed by atoms with Crippen LogP contribution in [0.25, 0.3) is 22.3 Å². The summed E-state index contributed by atoms with van der Waals surface area (Å²) in [6.07, 6.45) is 12.1. The second-order valence-electron chi connectivity index (χ2n) is 10.9. The van der Waals surface area contributed by atoms with Gasteiger partial charge in [0.2, 0.25) is 0 Å². The van der Waals surface area contributed by atoms with Crippen LogP contribution < -0.4 is 4.74 Å². The summed E-state index contributed by atoms with van der Waals surface area (Å²) in [4.78, 5) is 24.6. The van der Waals surface area contributed by atoms with Gasteiger partial charge in [-0.2, -0.15) is 0 Å². The number of ether oxygens (including phenoxy) is 2. The molecule has 226 valence electrons. The number of benzene rings is 3. The zero-order chi connectivity index (χ0) is 30.3. The summed E-state index contributed by atoms with van der Waals surface area (Å²) in [6, 6.07) is 16.3. The lowest BCUT2D eigenvalue weighted by atomic mass is 9.93. The third-order valence-electron chi connectivity index (χ3n) is 7.49. The van der Waals surface area contributed by atoms with E-state index >= 15 is 4.39 Å². The van der Waals surface area contributed by atoms with Gasteiger partial charge in [-0.25, -0.2) is 14.0 Å². The Bertz CT molecular complexity index is 1270. The molecular formula is C36H45FO5. The standard InChI is InChI=1S/C36H45FO5/c1-4-6-8-10-11-13-25-41-30-21-19-27(20-22-30)31-23-24-32(35(38)39)33(34(31)37)28-15-17-29(18-16-28)36(40)42-26(3)14-12-9-7-5-2/h15-24,26H,4-14,25H2,1-3H3,(H,38,39). The summed E-state index contributed by atoms with van der Waals surface area (Å²) in [6.45, 7) is 6.87. The highest BCUT2D eigenvalue weighted by Gasteiger charge is 2.21. The Labute approximate surface area is 250 Å². The average Bonchev–Trinajstić information content (AvgIpc) is 2.99. The molecule has 42 heavy (non-hydrogen) atoms. The molecule has 0 fully saturated rings. The number of carboxylic acids is 1. The van der Waals surface area contributed by atoms with Crippen LogP contribution in [0.2, 0.25) is 0 Å². The Kier molecular flexibility index (Phi) is 13.5. The number of rotatable bonds is 18. The zero-order valence-electron chi connectivity index (χ0n) is 25.3. The average molecular weight is 577 g/mol. The van der Waals surface area contributed by atoms with Crippen molar-refractivity contribution in [2.24, 2.45) is 0 Å². The molecule has 0 saturated heterocycles. The highest BCUT2D eigenvalue weighted by atomic mass is 19.1. The van der Waals surface area contributed by atoms with Crippen molar-refractivity contribution < 1.29 is 28.6 Å². The molecular weight excluding hydrogens is 531 g/mol. The van der Waals surface area contributed by atoms with Crippen LogP contribution in [0.5, 0.6) is 5.75 Å². The Balaban J connectivity index is 1.71. The molecule has 3 aromatic carbocycles. The monoisotopic (exact) mass is 576 g/mol. The van der Waals surface area contributed by atoms with Gasteiger partial charge in [0.25, 0.3) is 0 Å². The van der Waals surface area contributed by atoms with Gasteiger partial charge in [0.05, 0.1) is 23.8 Å². The first kappa shape index (κ1) is 32.8. The number of carboxylic acid groups (broad SMARTS) is 1. The van der Waals surface area contributed by atoms with Gasteiger partial charge in [-0.1, -0.05) is 95.5 Å². The molecule has 5 nitrogen and oxygen atoms in total. The van der Waals surface area contributed by atoms with Crippen molar-refractivity contribution in [1.82, 2.24) is 0 Å². The van der Waals surface area contributed by atoms with E-state index in [9.17, 15) is 14.7 Å². The van der Waals surface area contributed by atoms with Crippen molar-refractivity contribution in [2.75, 3.05) is 6.61 Å². The minimum Gasteiger partial charge on any atom is -0.494 e. The lowest BCUT2D eigenvalue weighted by molar-refractivity contribution is 0.0319. The summed E-state index contributed by atoms with van der Waals surface area (Å²) in [5.74, 6) is -1.59. The van der Waals surface area contributed by atoms with Gasteiger partial charge in [0.15, 0.2) is 0 Å². The number of unbranched alkanes of at least 4 members (excludes halogenated alkanes) is 8. The Morgan fingerprint density at radius 1 is 0.762 bits per heavy atom. The fourth-order valence-corrected chi connectivity index (χ4v) is 5.00. The van der Waals surface area contributed by atoms with Crippen LogP contribution in [0, 0.1) is 5.82 Å². The predicted molar refractivity (Wildman–Crippen MR) is 167 cm³/mol. The number of carbonyl (C=O) groups is 2. The first-order valence-corrected chi connectivity index (χ1v) is 15.5. The van der Waals surface area contributed by atoms with Crippen molar-refractivity contribution >= 4 is 11.9 Å². The maximum atomic E-state index is 16.0. The highest BCUT2D eigenvalue weighted by Crippen LogP contribution is 2.35. The van der Waals surface area contributed by atoms with Crippen LogP contribution in [0.15, 0.2) is 60.7 Å². The molecule has 0 aromatic heterocycles. The summed E-state index contributed by atoms with van der Waals surface area (Å²) >= 11 is 0. The number of halogens is 1. The lowest BCUT2D eigenvalue weighted by Crippen LogP contribution is -2.15. The maximum Gasteiger partial charge on any atom is 0.338 e. The number of carbonyl (C=O) groups excluding carboxylic acids is 1. The molecule has 1 unspecified atom stereocenters. The summed E-state index contributed by atoms with van der Waals surface area (Å²) in [5.41, 5.74) is 1.45. The van der Waals surface area contributed by atoms with Crippen molar-refractivity contribution in [3.05, 3.63) is 77.6 Å². The summed E-state index contributed by atoms with van der Waals surface area (Å²) < 4.78 is 27.4. The molecule has 1 N–H and O–H groups in total. The van der Waals surface area contributed by atoms with Gasteiger partial charge in [0, 0.05) is 11.1 Å². The molecule has 0 bridgehead atoms. The van der Waals surface area contributed by atoms with E-state index < -0.39 is 17.8 Å². The molecule has 0 spiro atoms. The van der Waals surface area contributed by atoms with E-state index in [4.69, 9.17) is 9.47 Å². The van der Waals surface area contributed by atoms with Gasteiger partial charge in [-0.3, -0.25) is 0 Å². The molecule has 0 saturated carbocycles. The first-order chi connectivity index (χ1) is 20.3. The molecule has 3 aromatic rings. The largest absolute Gasteiger partial charge is 0.494 e. The number of hydrogen-bond donors (Lipinski definition) is 1. The Morgan fingerprint density at radius 2 is 1.36 bits per heavy atom. The quantitative estimate of drug-likeness (QED) is 0.120. The van der Waals surface area contributed by atoms with Crippen LogP contribution in [-0.2, 0) is 4.74 Å².